The molecule has 2 N–H and O–H groups in total. The first-order valence-corrected chi connectivity index (χ1v) is 3.19. The van der Waals surface area contributed by atoms with Gasteiger partial charge in [0.05, 0.1) is 5.69 Å². The summed E-state index contributed by atoms with van der Waals surface area (Å²) in [6, 6.07) is 0. The van der Waals surface area contributed by atoms with Gasteiger partial charge in [-0.3, -0.25) is 0 Å². The Balaban J connectivity index is 3.11. The highest BCUT2D eigenvalue weighted by atomic mass is 14.8. The molecule has 1 rings (SSSR count). The van der Waals surface area contributed by atoms with Gasteiger partial charge < -0.3 is 5.73 Å². The van der Waals surface area contributed by atoms with Crippen LogP contribution in [-0.2, 0) is 0 Å². The van der Waals surface area contributed by atoms with Gasteiger partial charge in [-0.1, -0.05) is 12.7 Å². The highest BCUT2D eigenvalue weighted by Crippen LogP contribution is 2.05. The molecule has 56 valence electrons. The average Bonchev–Trinajstić information content (AvgIpc) is 2.06. The second-order valence-corrected chi connectivity index (χ2v) is 1.93. The van der Waals surface area contributed by atoms with Crippen molar-refractivity contribution in [2.75, 3.05) is 0 Å². The molecule has 0 aliphatic rings. The Morgan fingerprint density at radius 3 is 3.00 bits per heavy atom. The summed E-state index contributed by atoms with van der Waals surface area (Å²) in [5, 5.41) is 0. The first kappa shape index (κ1) is 7.47. The van der Waals surface area contributed by atoms with Crippen LogP contribution < -0.4 is 5.73 Å². The minimum atomic E-state index is 0.789. The first-order chi connectivity index (χ1) is 5.38. The van der Waals surface area contributed by atoms with Crippen LogP contribution in [-0.4, -0.2) is 9.97 Å². The number of aromatic nitrogens is 2. The standard InChI is InChI=1S/C8H9N3/c1-2-7-5-10-6-11-8(7)3-4-9/h2-6H,1,9H2/b4-3+. The lowest BCUT2D eigenvalue weighted by Gasteiger charge is -1.95. The van der Waals surface area contributed by atoms with Gasteiger partial charge in [0.1, 0.15) is 6.33 Å². The van der Waals surface area contributed by atoms with E-state index in [0.29, 0.717) is 0 Å². The summed E-state index contributed by atoms with van der Waals surface area (Å²) in [5.74, 6) is 0. The molecule has 0 aliphatic heterocycles. The van der Waals surface area contributed by atoms with E-state index in [9.17, 15) is 0 Å². The van der Waals surface area contributed by atoms with Crippen LogP contribution >= 0.6 is 0 Å². The summed E-state index contributed by atoms with van der Waals surface area (Å²) in [4.78, 5) is 7.83. The monoisotopic (exact) mass is 147 g/mol. The fraction of sp³-hybridized carbons (Fsp3) is 0. The van der Waals surface area contributed by atoms with Crippen molar-refractivity contribution in [2.45, 2.75) is 0 Å². The quantitative estimate of drug-likeness (QED) is 0.680. The van der Waals surface area contributed by atoms with Crippen LogP contribution in [0.25, 0.3) is 12.2 Å². The Kier molecular flexibility index (Phi) is 2.38. The summed E-state index contributed by atoms with van der Waals surface area (Å²) < 4.78 is 0. The van der Waals surface area contributed by atoms with E-state index in [2.05, 4.69) is 16.5 Å². The Bertz CT molecular complexity index is 278. The number of nitrogens with two attached hydrogens (primary N) is 1. The first-order valence-electron chi connectivity index (χ1n) is 3.19. The van der Waals surface area contributed by atoms with E-state index in [1.54, 1.807) is 18.3 Å². The fourth-order valence-electron chi connectivity index (χ4n) is 0.738. The summed E-state index contributed by atoms with van der Waals surface area (Å²) in [6.45, 7) is 3.62. The lowest BCUT2D eigenvalue weighted by atomic mass is 10.2. The zero-order valence-corrected chi connectivity index (χ0v) is 6.07. The summed E-state index contributed by atoms with van der Waals surface area (Å²) in [5.41, 5.74) is 6.88. The molecule has 0 saturated heterocycles. The Morgan fingerprint density at radius 2 is 2.36 bits per heavy atom. The van der Waals surface area contributed by atoms with E-state index in [1.807, 2.05) is 0 Å². The molecular formula is C8H9N3. The van der Waals surface area contributed by atoms with Crippen molar-refractivity contribution < 1.29 is 0 Å². The third-order valence-corrected chi connectivity index (χ3v) is 1.25. The Morgan fingerprint density at radius 1 is 1.55 bits per heavy atom. The second-order valence-electron chi connectivity index (χ2n) is 1.93. The number of hydrogen-bond acceptors (Lipinski definition) is 3. The van der Waals surface area contributed by atoms with Crippen LogP contribution in [0.3, 0.4) is 0 Å². The summed E-state index contributed by atoms with van der Waals surface area (Å²) in [7, 11) is 0. The molecule has 1 aromatic heterocycles. The predicted octanol–water partition coefficient (Wildman–Crippen LogP) is 1.05. The van der Waals surface area contributed by atoms with E-state index in [4.69, 9.17) is 5.73 Å². The molecule has 0 radical (unpaired) electrons. The van der Waals surface area contributed by atoms with Crippen LogP contribution in [0, 0.1) is 0 Å². The number of rotatable bonds is 2. The van der Waals surface area contributed by atoms with Crippen LogP contribution in [0.4, 0.5) is 0 Å². The van der Waals surface area contributed by atoms with Gasteiger partial charge in [-0.05, 0) is 12.3 Å². The lowest BCUT2D eigenvalue weighted by molar-refractivity contribution is 1.14. The zero-order chi connectivity index (χ0) is 8.10. The normalized spacial score (nSPS) is 10.2. The van der Waals surface area contributed by atoms with Crippen molar-refractivity contribution >= 4 is 12.2 Å². The molecular weight excluding hydrogens is 138 g/mol. The number of nitrogens with zero attached hydrogens (tertiary/aromatic N) is 2. The van der Waals surface area contributed by atoms with E-state index in [1.165, 1.54) is 12.5 Å². The molecule has 0 amide bonds. The van der Waals surface area contributed by atoms with Gasteiger partial charge in [0.2, 0.25) is 0 Å². The largest absolute Gasteiger partial charge is 0.405 e. The Labute approximate surface area is 65.3 Å². The third-order valence-electron chi connectivity index (χ3n) is 1.25. The minimum absolute atomic E-state index is 0.789. The topological polar surface area (TPSA) is 51.8 Å². The highest BCUT2D eigenvalue weighted by Gasteiger charge is 1.93. The molecule has 0 bridgehead atoms. The summed E-state index contributed by atoms with van der Waals surface area (Å²) >= 11 is 0. The van der Waals surface area contributed by atoms with Crippen LogP contribution in [0.1, 0.15) is 11.3 Å². The van der Waals surface area contributed by atoms with Crippen molar-refractivity contribution in [2.24, 2.45) is 5.73 Å². The van der Waals surface area contributed by atoms with Crippen molar-refractivity contribution in [3.05, 3.63) is 36.6 Å². The van der Waals surface area contributed by atoms with Gasteiger partial charge in [0.25, 0.3) is 0 Å². The van der Waals surface area contributed by atoms with Gasteiger partial charge in [-0.25, -0.2) is 9.97 Å². The van der Waals surface area contributed by atoms with Gasteiger partial charge in [-0.2, -0.15) is 0 Å². The van der Waals surface area contributed by atoms with Crippen molar-refractivity contribution in [3.63, 3.8) is 0 Å². The molecule has 1 heterocycles. The van der Waals surface area contributed by atoms with E-state index >= 15 is 0 Å². The van der Waals surface area contributed by atoms with Gasteiger partial charge >= 0.3 is 0 Å². The van der Waals surface area contributed by atoms with Gasteiger partial charge in [-0.15, -0.1) is 0 Å². The SMILES string of the molecule is C=Cc1cncnc1/C=C/N. The average molecular weight is 147 g/mol. The summed E-state index contributed by atoms with van der Waals surface area (Å²) in [6.07, 6.45) is 8.00. The highest BCUT2D eigenvalue weighted by molar-refractivity contribution is 5.59. The molecule has 0 aromatic carbocycles. The molecule has 3 nitrogen and oxygen atoms in total. The molecule has 3 heteroatoms. The molecule has 0 saturated carbocycles. The van der Waals surface area contributed by atoms with E-state index in [0.717, 1.165) is 11.3 Å². The zero-order valence-electron chi connectivity index (χ0n) is 6.07. The minimum Gasteiger partial charge on any atom is -0.405 e. The van der Waals surface area contributed by atoms with Crippen molar-refractivity contribution in [3.8, 4) is 0 Å². The second kappa shape index (κ2) is 3.51. The molecule has 0 aliphatic carbocycles. The predicted molar refractivity (Wildman–Crippen MR) is 45.3 cm³/mol. The van der Waals surface area contributed by atoms with Gasteiger partial charge in [0, 0.05) is 11.8 Å². The maximum Gasteiger partial charge on any atom is 0.116 e. The van der Waals surface area contributed by atoms with Crippen molar-refractivity contribution in [1.82, 2.24) is 9.97 Å². The maximum atomic E-state index is 5.21. The van der Waals surface area contributed by atoms with Crippen LogP contribution in [0.5, 0.6) is 0 Å². The molecule has 11 heavy (non-hydrogen) atoms. The third kappa shape index (κ3) is 1.64. The van der Waals surface area contributed by atoms with E-state index in [-0.39, 0.29) is 0 Å². The van der Waals surface area contributed by atoms with Crippen molar-refractivity contribution in [1.29, 1.82) is 0 Å². The maximum absolute atomic E-state index is 5.21. The van der Waals surface area contributed by atoms with Gasteiger partial charge in [0.15, 0.2) is 0 Å². The van der Waals surface area contributed by atoms with Crippen LogP contribution in [0.2, 0.25) is 0 Å². The molecule has 0 atom stereocenters. The lowest BCUT2D eigenvalue weighted by Crippen LogP contribution is -1.88. The molecule has 0 spiro atoms. The smallest absolute Gasteiger partial charge is 0.116 e. The molecule has 1 aromatic rings. The Hall–Kier alpha value is -1.64. The molecule has 0 fully saturated rings. The molecule has 0 unspecified atom stereocenters. The number of hydrogen-bond donors (Lipinski definition) is 1. The van der Waals surface area contributed by atoms with Crippen LogP contribution in [0.15, 0.2) is 25.3 Å². The fourth-order valence-corrected chi connectivity index (χ4v) is 0.738. The van der Waals surface area contributed by atoms with E-state index < -0.39 is 0 Å².